The van der Waals surface area contributed by atoms with Crippen LogP contribution in [0.3, 0.4) is 0 Å². The zero-order valence-corrected chi connectivity index (χ0v) is 20.2. The molecule has 6 aliphatic rings. The molecule has 1 aliphatic heterocycles. The standard InChI is InChI=1S/C25H41NO6/c1-6-26-11-23(12-29-2)8-7-16(31-4)25-14-9-13-15(30-3)10-24(28,17(14)19(13)27)18(22(25)26)20(32-5)21(23)25/h13-22,27-28H,6-12H2,1-5H3/t13-,14-,15+,16?,17-,18+,19+,20+,21-,22-,23+,24-,25+/m1/s1. The van der Waals surface area contributed by atoms with E-state index in [-0.39, 0.29) is 64.8 Å². The highest BCUT2D eigenvalue weighted by Crippen LogP contribution is 2.79. The molecule has 6 fully saturated rings. The average Bonchev–Trinajstić information content (AvgIpc) is 3.19. The minimum Gasteiger partial charge on any atom is -0.392 e. The largest absolute Gasteiger partial charge is 0.392 e. The van der Waals surface area contributed by atoms with Crippen molar-refractivity contribution in [1.82, 2.24) is 4.90 Å². The van der Waals surface area contributed by atoms with Crippen molar-refractivity contribution < 1.29 is 29.2 Å². The molecule has 1 heterocycles. The first-order valence-corrected chi connectivity index (χ1v) is 12.6. The maximum Gasteiger partial charge on any atom is 0.0796 e. The second-order valence-electron chi connectivity index (χ2n) is 11.8. The van der Waals surface area contributed by atoms with Gasteiger partial charge in [-0.2, -0.15) is 0 Å². The van der Waals surface area contributed by atoms with Gasteiger partial charge in [0, 0.05) is 81.9 Å². The van der Waals surface area contributed by atoms with Gasteiger partial charge in [0.1, 0.15) is 0 Å². The molecule has 13 atom stereocenters. The number of likely N-dealkylation sites (tertiary alicyclic amines) is 1. The molecule has 0 aromatic carbocycles. The Balaban J connectivity index is 1.63. The maximum absolute atomic E-state index is 12.6. The van der Waals surface area contributed by atoms with Crippen molar-refractivity contribution in [2.24, 2.45) is 40.4 Å². The van der Waals surface area contributed by atoms with E-state index in [0.717, 1.165) is 32.4 Å². The van der Waals surface area contributed by atoms with E-state index in [9.17, 15) is 10.2 Å². The molecule has 5 aliphatic carbocycles. The molecule has 1 saturated heterocycles. The topological polar surface area (TPSA) is 80.6 Å². The van der Waals surface area contributed by atoms with Gasteiger partial charge in [0.15, 0.2) is 0 Å². The number of hydrogen-bond acceptors (Lipinski definition) is 7. The third-order valence-electron chi connectivity index (χ3n) is 11.4. The second kappa shape index (κ2) is 7.12. The summed E-state index contributed by atoms with van der Waals surface area (Å²) >= 11 is 0. The third-order valence-corrected chi connectivity index (χ3v) is 11.4. The first-order chi connectivity index (χ1) is 15.4. The Morgan fingerprint density at radius 1 is 1.06 bits per heavy atom. The number of aliphatic hydroxyl groups is 2. The number of ether oxygens (including phenoxy) is 4. The maximum atomic E-state index is 12.6. The summed E-state index contributed by atoms with van der Waals surface area (Å²) in [6, 6.07) is 0.186. The van der Waals surface area contributed by atoms with Gasteiger partial charge in [0.05, 0.1) is 36.6 Å². The lowest BCUT2D eigenvalue weighted by Crippen LogP contribution is -2.76. The van der Waals surface area contributed by atoms with Crippen LogP contribution in [0.2, 0.25) is 0 Å². The summed E-state index contributed by atoms with van der Waals surface area (Å²) in [5.41, 5.74) is -1.18. The van der Waals surface area contributed by atoms with Gasteiger partial charge in [-0.1, -0.05) is 6.92 Å². The summed E-state index contributed by atoms with van der Waals surface area (Å²) in [5, 5.41) is 24.1. The van der Waals surface area contributed by atoms with E-state index in [0.29, 0.717) is 13.0 Å². The molecule has 32 heavy (non-hydrogen) atoms. The molecule has 1 unspecified atom stereocenters. The molecule has 7 bridgehead atoms. The summed E-state index contributed by atoms with van der Waals surface area (Å²) in [7, 11) is 7.23. The lowest BCUT2D eigenvalue weighted by atomic mass is 9.43. The number of rotatable bonds is 6. The van der Waals surface area contributed by atoms with Crippen LogP contribution < -0.4 is 0 Å². The zero-order valence-electron chi connectivity index (χ0n) is 20.2. The van der Waals surface area contributed by atoms with Gasteiger partial charge in [-0.05, 0) is 31.7 Å². The van der Waals surface area contributed by atoms with Crippen LogP contribution in [0.25, 0.3) is 0 Å². The van der Waals surface area contributed by atoms with Gasteiger partial charge in [0.2, 0.25) is 0 Å². The Kier molecular flexibility index (Phi) is 4.94. The zero-order chi connectivity index (χ0) is 22.6. The van der Waals surface area contributed by atoms with E-state index in [2.05, 4.69) is 11.8 Å². The number of methoxy groups -OCH3 is 4. The quantitative estimate of drug-likeness (QED) is 0.627. The van der Waals surface area contributed by atoms with Crippen LogP contribution in [0.4, 0.5) is 0 Å². The van der Waals surface area contributed by atoms with Crippen LogP contribution in [0, 0.1) is 40.4 Å². The van der Waals surface area contributed by atoms with Crippen LogP contribution in [0.1, 0.15) is 32.6 Å². The fraction of sp³-hybridized carbons (Fsp3) is 1.00. The van der Waals surface area contributed by atoms with Crippen molar-refractivity contribution in [1.29, 1.82) is 0 Å². The Morgan fingerprint density at radius 2 is 1.84 bits per heavy atom. The smallest absolute Gasteiger partial charge is 0.0796 e. The van der Waals surface area contributed by atoms with Gasteiger partial charge < -0.3 is 29.2 Å². The highest BCUT2D eigenvalue weighted by molar-refractivity contribution is 5.35. The summed E-state index contributed by atoms with van der Waals surface area (Å²) in [4.78, 5) is 2.62. The van der Waals surface area contributed by atoms with Gasteiger partial charge in [-0.15, -0.1) is 0 Å². The molecule has 1 spiro atoms. The van der Waals surface area contributed by atoms with Gasteiger partial charge in [-0.25, -0.2) is 0 Å². The van der Waals surface area contributed by atoms with Crippen LogP contribution in [-0.4, -0.2) is 99.3 Å². The monoisotopic (exact) mass is 451 g/mol. The average molecular weight is 452 g/mol. The van der Waals surface area contributed by atoms with E-state index in [1.165, 1.54) is 0 Å². The summed E-state index contributed by atoms with van der Waals surface area (Å²) < 4.78 is 24.5. The Morgan fingerprint density at radius 3 is 2.47 bits per heavy atom. The van der Waals surface area contributed by atoms with Gasteiger partial charge in [0.25, 0.3) is 0 Å². The molecule has 182 valence electrons. The number of hydrogen-bond donors (Lipinski definition) is 2. The molecule has 0 radical (unpaired) electrons. The normalized spacial score (nSPS) is 60.1. The lowest BCUT2D eigenvalue weighted by Gasteiger charge is -2.69. The van der Waals surface area contributed by atoms with E-state index < -0.39 is 11.7 Å². The molecule has 6 rings (SSSR count). The van der Waals surface area contributed by atoms with Crippen molar-refractivity contribution in [3.8, 4) is 0 Å². The number of nitrogens with zero attached hydrogens (tertiary/aromatic N) is 1. The summed E-state index contributed by atoms with van der Waals surface area (Å²) in [6.45, 7) is 4.86. The molecule has 0 aromatic rings. The van der Waals surface area contributed by atoms with Gasteiger partial charge in [-0.3, -0.25) is 4.90 Å². The molecular formula is C25H41NO6. The van der Waals surface area contributed by atoms with E-state index >= 15 is 0 Å². The highest BCUT2D eigenvalue weighted by atomic mass is 16.5. The Hall–Kier alpha value is -0.280. The molecule has 0 aromatic heterocycles. The third kappa shape index (κ3) is 2.19. The fourth-order valence-electron chi connectivity index (χ4n) is 11.0. The van der Waals surface area contributed by atoms with Crippen LogP contribution in [0.15, 0.2) is 0 Å². The number of aliphatic hydroxyl groups excluding tert-OH is 1. The van der Waals surface area contributed by atoms with E-state index in [4.69, 9.17) is 18.9 Å². The summed E-state index contributed by atoms with van der Waals surface area (Å²) in [5.74, 6) is 0.310. The SMILES string of the molecule is CCN1C[C@]2(COC)CCC(OC)[C@@]34[C@@H]5C[C@H]6[C@H](O)[C@@H]5[C@](O)(C[C@@H]6OC)[C@@H]([C@H](OC)[C@H]23)[C@@H]14. The predicted octanol–water partition coefficient (Wildman–Crippen LogP) is 1.16. The molecule has 7 heteroatoms. The Labute approximate surface area is 191 Å². The fourth-order valence-corrected chi connectivity index (χ4v) is 11.0. The number of piperidine rings is 1. The predicted molar refractivity (Wildman–Crippen MR) is 117 cm³/mol. The molecule has 5 saturated carbocycles. The van der Waals surface area contributed by atoms with Crippen molar-refractivity contribution in [2.45, 2.75) is 68.7 Å². The molecule has 7 nitrogen and oxygen atoms in total. The highest BCUT2D eigenvalue weighted by Gasteiger charge is 2.86. The van der Waals surface area contributed by atoms with Crippen LogP contribution >= 0.6 is 0 Å². The minimum absolute atomic E-state index is 0.0234. The van der Waals surface area contributed by atoms with Crippen LogP contribution in [0.5, 0.6) is 0 Å². The molecule has 2 N–H and O–H groups in total. The van der Waals surface area contributed by atoms with Crippen molar-refractivity contribution in [2.75, 3.05) is 48.1 Å². The first-order valence-electron chi connectivity index (χ1n) is 12.6. The van der Waals surface area contributed by atoms with Gasteiger partial charge >= 0.3 is 0 Å². The van der Waals surface area contributed by atoms with Crippen molar-refractivity contribution in [3.05, 3.63) is 0 Å². The van der Waals surface area contributed by atoms with E-state index in [1.807, 2.05) is 21.3 Å². The van der Waals surface area contributed by atoms with Crippen molar-refractivity contribution >= 4 is 0 Å². The van der Waals surface area contributed by atoms with Crippen LogP contribution in [-0.2, 0) is 18.9 Å². The first kappa shape index (κ1) is 22.2. The molecular weight excluding hydrogens is 410 g/mol. The summed E-state index contributed by atoms with van der Waals surface area (Å²) in [6.07, 6.45) is 2.89. The second-order valence-corrected chi connectivity index (χ2v) is 11.8. The van der Waals surface area contributed by atoms with Crippen molar-refractivity contribution in [3.63, 3.8) is 0 Å². The minimum atomic E-state index is -0.999. The van der Waals surface area contributed by atoms with E-state index in [1.54, 1.807) is 7.11 Å². The Bertz CT molecular complexity index is 767. The molecule has 0 amide bonds. The lowest BCUT2D eigenvalue weighted by molar-refractivity contribution is -0.276. The number of fused-ring (bicyclic) bond motifs is 2.